The minimum absolute atomic E-state index is 0.275. The molecule has 0 spiro atoms. The highest BCUT2D eigenvalue weighted by molar-refractivity contribution is 5.36. The number of hydrogen-bond acceptors (Lipinski definition) is 6. The molecule has 0 amide bonds. The molecule has 7 nitrogen and oxygen atoms in total. The molecule has 1 saturated heterocycles. The van der Waals surface area contributed by atoms with Crippen LogP contribution in [-0.4, -0.2) is 50.2 Å². The Morgan fingerprint density at radius 2 is 2.21 bits per heavy atom. The number of H-pyrrole nitrogens is 1. The van der Waals surface area contributed by atoms with Crippen LogP contribution in [0.5, 0.6) is 0 Å². The van der Waals surface area contributed by atoms with Crippen molar-refractivity contribution in [2.75, 3.05) is 6.61 Å². The number of hydrogen-bond donors (Lipinski definition) is 4. The number of nitrogens with zero attached hydrogens (tertiary/aromatic N) is 1. The van der Waals surface area contributed by atoms with Crippen LogP contribution in [0.2, 0.25) is 0 Å². The number of aliphatic hydroxyl groups is 3. The average Bonchev–Trinajstić information content (AvgIpc) is 2.67. The van der Waals surface area contributed by atoms with Crippen molar-refractivity contribution in [3.63, 3.8) is 0 Å². The van der Waals surface area contributed by atoms with Crippen LogP contribution in [0.25, 0.3) is 0 Å². The summed E-state index contributed by atoms with van der Waals surface area (Å²) in [6, 6.07) is 0. The number of nitrogens with one attached hydrogen (secondary N) is 1. The van der Waals surface area contributed by atoms with Gasteiger partial charge in [0.15, 0.2) is 0 Å². The molecule has 4 N–H and O–H groups in total. The second kappa shape index (κ2) is 5.50. The highest BCUT2D eigenvalue weighted by Gasteiger charge is 2.44. The maximum absolute atomic E-state index is 11.2. The monoisotopic (exact) mass is 266 g/mol. The summed E-state index contributed by atoms with van der Waals surface area (Å²) in [6.07, 6.45) is -2.95. The molecule has 102 valence electrons. The Balaban J connectivity index is 2.41. The smallest absolute Gasteiger partial charge is 0.345 e. The van der Waals surface area contributed by atoms with Gasteiger partial charge >= 0.3 is 5.69 Å². The fourth-order valence-corrected chi connectivity index (χ4v) is 2.00. The van der Waals surface area contributed by atoms with E-state index >= 15 is 0 Å². The molecule has 0 aliphatic carbocycles. The number of rotatable bonds is 2. The minimum atomic E-state index is -1.22. The Labute approximate surface area is 108 Å². The summed E-state index contributed by atoms with van der Waals surface area (Å²) in [6.45, 7) is 1.18. The predicted molar refractivity (Wildman–Crippen MR) is 64.1 cm³/mol. The van der Waals surface area contributed by atoms with Crippen LogP contribution in [0, 0.1) is 11.8 Å². The summed E-state index contributed by atoms with van der Waals surface area (Å²) >= 11 is 0. The Bertz CT molecular complexity index is 573. The topological polar surface area (TPSA) is 116 Å². The Hall–Kier alpha value is -1.72. The van der Waals surface area contributed by atoms with Crippen molar-refractivity contribution < 1.29 is 20.1 Å². The maximum Gasteiger partial charge on any atom is 0.345 e. The first-order chi connectivity index (χ1) is 9.08. The highest BCUT2D eigenvalue weighted by Crippen LogP contribution is 2.33. The quantitative estimate of drug-likeness (QED) is 0.474. The Morgan fingerprint density at radius 3 is 2.79 bits per heavy atom. The van der Waals surface area contributed by atoms with Crippen molar-refractivity contribution in [1.82, 2.24) is 9.97 Å². The summed E-state index contributed by atoms with van der Waals surface area (Å²) in [5.74, 6) is 5.31. The molecule has 0 bridgehead atoms. The first-order valence-corrected chi connectivity index (χ1v) is 5.73. The Morgan fingerprint density at radius 1 is 1.47 bits per heavy atom. The average molecular weight is 266 g/mol. The molecule has 1 aromatic heterocycles. The summed E-state index contributed by atoms with van der Waals surface area (Å²) in [5, 5.41) is 28.7. The Kier molecular flexibility index (Phi) is 3.97. The van der Waals surface area contributed by atoms with E-state index < -0.39 is 36.7 Å². The van der Waals surface area contributed by atoms with E-state index in [0.29, 0.717) is 5.56 Å². The van der Waals surface area contributed by atoms with Gasteiger partial charge in [0.25, 0.3) is 0 Å². The molecule has 4 atom stereocenters. The van der Waals surface area contributed by atoms with Crippen LogP contribution in [-0.2, 0) is 4.74 Å². The zero-order valence-corrected chi connectivity index (χ0v) is 10.2. The van der Waals surface area contributed by atoms with Crippen molar-refractivity contribution in [2.45, 2.75) is 31.3 Å². The van der Waals surface area contributed by atoms with E-state index in [-0.39, 0.29) is 5.69 Å². The second-order valence-electron chi connectivity index (χ2n) is 4.15. The van der Waals surface area contributed by atoms with Crippen molar-refractivity contribution >= 4 is 0 Å². The van der Waals surface area contributed by atoms with Gasteiger partial charge in [-0.25, -0.2) is 9.78 Å². The van der Waals surface area contributed by atoms with E-state index in [1.807, 2.05) is 0 Å². The third-order valence-electron chi connectivity index (χ3n) is 2.94. The predicted octanol–water partition coefficient (Wildman–Crippen LogP) is -1.70. The fourth-order valence-electron chi connectivity index (χ4n) is 2.00. The number of ether oxygens (including phenoxy) is 1. The van der Waals surface area contributed by atoms with Gasteiger partial charge in [-0.2, -0.15) is 0 Å². The number of aromatic nitrogens is 2. The second-order valence-corrected chi connectivity index (χ2v) is 4.15. The van der Waals surface area contributed by atoms with Gasteiger partial charge in [-0.1, -0.05) is 5.92 Å². The van der Waals surface area contributed by atoms with Crippen LogP contribution in [0.15, 0.2) is 11.0 Å². The van der Waals surface area contributed by atoms with Gasteiger partial charge in [0.2, 0.25) is 0 Å². The maximum atomic E-state index is 11.2. The van der Waals surface area contributed by atoms with E-state index in [0.717, 1.165) is 0 Å². The van der Waals surface area contributed by atoms with Crippen molar-refractivity contribution in [2.24, 2.45) is 0 Å². The van der Waals surface area contributed by atoms with Crippen LogP contribution >= 0.6 is 0 Å². The minimum Gasteiger partial charge on any atom is -0.394 e. The summed E-state index contributed by atoms with van der Waals surface area (Å²) in [5.41, 5.74) is 0.0852. The van der Waals surface area contributed by atoms with Gasteiger partial charge in [0.05, 0.1) is 6.61 Å². The molecule has 7 heteroatoms. The van der Waals surface area contributed by atoms with Gasteiger partial charge in [-0.05, 0) is 12.8 Å². The summed E-state index contributed by atoms with van der Waals surface area (Å²) in [4.78, 5) is 17.2. The molecule has 4 unspecified atom stereocenters. The number of aliphatic hydroxyl groups excluding tert-OH is 3. The largest absolute Gasteiger partial charge is 0.394 e. The van der Waals surface area contributed by atoms with E-state index in [9.17, 15) is 15.0 Å². The van der Waals surface area contributed by atoms with E-state index in [1.54, 1.807) is 6.92 Å². The lowest BCUT2D eigenvalue weighted by atomic mass is 10.0. The molecule has 0 radical (unpaired) electrons. The van der Waals surface area contributed by atoms with Crippen LogP contribution in [0.1, 0.15) is 24.3 Å². The van der Waals surface area contributed by atoms with Gasteiger partial charge in [0.1, 0.15) is 30.1 Å². The standard InChI is InChI=1S/C12H14N2O5/c1-2-3-7-6(4-13-12(18)14-7)11-10(17)9(16)8(5-15)19-11/h4,8-11,15-17H,5H2,1H3,(H,13,14,18). The molecular weight excluding hydrogens is 252 g/mol. The van der Waals surface area contributed by atoms with E-state index in [2.05, 4.69) is 21.8 Å². The van der Waals surface area contributed by atoms with E-state index in [4.69, 9.17) is 9.84 Å². The molecule has 19 heavy (non-hydrogen) atoms. The van der Waals surface area contributed by atoms with Crippen LogP contribution in [0.3, 0.4) is 0 Å². The van der Waals surface area contributed by atoms with Crippen molar-refractivity contribution in [3.05, 3.63) is 27.9 Å². The van der Waals surface area contributed by atoms with Crippen molar-refractivity contribution in [3.8, 4) is 11.8 Å². The van der Waals surface area contributed by atoms with Gasteiger partial charge < -0.3 is 20.1 Å². The first-order valence-electron chi connectivity index (χ1n) is 5.73. The van der Waals surface area contributed by atoms with Gasteiger partial charge in [0, 0.05) is 11.8 Å². The lowest BCUT2D eigenvalue weighted by molar-refractivity contribution is -0.0230. The molecule has 2 rings (SSSR count). The first kappa shape index (κ1) is 13.7. The summed E-state index contributed by atoms with van der Waals surface area (Å²) < 4.78 is 5.37. The van der Waals surface area contributed by atoms with Gasteiger partial charge in [-0.15, -0.1) is 0 Å². The normalized spacial score (nSPS) is 29.9. The zero-order valence-electron chi connectivity index (χ0n) is 10.2. The zero-order chi connectivity index (χ0) is 14.0. The molecule has 0 saturated carbocycles. The van der Waals surface area contributed by atoms with E-state index in [1.165, 1.54) is 6.20 Å². The summed E-state index contributed by atoms with van der Waals surface area (Å²) in [7, 11) is 0. The lowest BCUT2D eigenvalue weighted by Crippen LogP contribution is -2.32. The third kappa shape index (κ3) is 2.52. The van der Waals surface area contributed by atoms with Crippen LogP contribution < -0.4 is 5.69 Å². The SMILES string of the molecule is CC#Cc1[nH]c(=O)ncc1C1OC(CO)C(O)C1O. The highest BCUT2D eigenvalue weighted by atomic mass is 16.6. The molecule has 0 aromatic carbocycles. The molecule has 1 aromatic rings. The molecular formula is C12H14N2O5. The lowest BCUT2D eigenvalue weighted by Gasteiger charge is -2.15. The molecule has 1 aliphatic rings. The third-order valence-corrected chi connectivity index (χ3v) is 2.94. The van der Waals surface area contributed by atoms with Crippen molar-refractivity contribution in [1.29, 1.82) is 0 Å². The van der Waals surface area contributed by atoms with Crippen LogP contribution in [0.4, 0.5) is 0 Å². The number of aromatic amines is 1. The van der Waals surface area contributed by atoms with Gasteiger partial charge in [-0.3, -0.25) is 4.98 Å². The molecule has 1 aliphatic heterocycles. The molecule has 2 heterocycles. The fraction of sp³-hybridized carbons (Fsp3) is 0.500. The molecule has 1 fully saturated rings.